The lowest BCUT2D eigenvalue weighted by Crippen LogP contribution is -2.52. The van der Waals surface area contributed by atoms with E-state index in [0.717, 1.165) is 24.2 Å². The van der Waals surface area contributed by atoms with Crippen LogP contribution in [0.3, 0.4) is 0 Å². The molecule has 0 saturated carbocycles. The second kappa shape index (κ2) is 11.2. The first-order chi connectivity index (χ1) is 17.7. The zero-order valence-corrected chi connectivity index (χ0v) is 20.7. The molecule has 0 aromatic heterocycles. The molecule has 1 heterocycles. The quantitative estimate of drug-likeness (QED) is 0.325. The van der Waals surface area contributed by atoms with E-state index in [1.165, 1.54) is 11.1 Å². The van der Waals surface area contributed by atoms with Crippen molar-refractivity contribution in [2.75, 3.05) is 26.2 Å². The summed E-state index contributed by atoms with van der Waals surface area (Å²) < 4.78 is 6.03. The second-order valence-electron chi connectivity index (χ2n) is 9.24. The second-order valence-corrected chi connectivity index (χ2v) is 9.24. The van der Waals surface area contributed by atoms with Crippen molar-refractivity contribution in [3.63, 3.8) is 0 Å². The lowest BCUT2D eigenvalue weighted by atomic mass is 9.96. The Labute approximate surface area is 213 Å². The Kier molecular flexibility index (Phi) is 7.44. The normalized spacial score (nSPS) is 15.0. The maximum absolute atomic E-state index is 13.2. The summed E-state index contributed by atoms with van der Waals surface area (Å²) in [5, 5.41) is 0. The van der Waals surface area contributed by atoms with Gasteiger partial charge in [-0.2, -0.15) is 0 Å². The van der Waals surface area contributed by atoms with Gasteiger partial charge in [0, 0.05) is 26.2 Å². The van der Waals surface area contributed by atoms with Crippen LogP contribution >= 0.6 is 0 Å². The van der Waals surface area contributed by atoms with Crippen LogP contribution in [0.15, 0.2) is 115 Å². The SMILES string of the molecule is CC(Oc1ccc(-c2ccccc2)cc1)C(=O)N1CCN(C(c2ccccc2)c2ccccc2)CC1. The Balaban J connectivity index is 1.20. The van der Waals surface area contributed by atoms with Crippen molar-refractivity contribution in [3.05, 3.63) is 126 Å². The van der Waals surface area contributed by atoms with Crippen molar-refractivity contribution < 1.29 is 9.53 Å². The van der Waals surface area contributed by atoms with Crippen molar-refractivity contribution in [1.82, 2.24) is 9.80 Å². The molecule has 1 amide bonds. The van der Waals surface area contributed by atoms with E-state index in [0.29, 0.717) is 18.8 Å². The van der Waals surface area contributed by atoms with E-state index in [9.17, 15) is 4.79 Å². The summed E-state index contributed by atoms with van der Waals surface area (Å²) in [7, 11) is 0. The van der Waals surface area contributed by atoms with Gasteiger partial charge in [-0.15, -0.1) is 0 Å². The van der Waals surface area contributed by atoms with Crippen LogP contribution in [0.1, 0.15) is 24.1 Å². The minimum atomic E-state index is -0.529. The van der Waals surface area contributed by atoms with Crippen molar-refractivity contribution in [3.8, 4) is 16.9 Å². The molecule has 1 aliphatic heterocycles. The number of benzene rings is 4. The molecule has 182 valence electrons. The summed E-state index contributed by atoms with van der Waals surface area (Å²) >= 11 is 0. The Morgan fingerprint density at radius 1 is 0.639 bits per heavy atom. The standard InChI is InChI=1S/C32H32N2O2/c1-25(36-30-19-17-27(18-20-30)26-11-5-2-6-12-26)32(35)34-23-21-33(22-24-34)31(28-13-7-3-8-14-28)29-15-9-4-10-16-29/h2-20,25,31H,21-24H2,1H3. The highest BCUT2D eigenvalue weighted by atomic mass is 16.5. The molecule has 0 N–H and O–H groups in total. The maximum atomic E-state index is 13.2. The molecule has 36 heavy (non-hydrogen) atoms. The number of hydrogen-bond donors (Lipinski definition) is 0. The highest BCUT2D eigenvalue weighted by Crippen LogP contribution is 2.30. The monoisotopic (exact) mass is 476 g/mol. The molecule has 0 radical (unpaired) electrons. The van der Waals surface area contributed by atoms with Crippen LogP contribution in [0, 0.1) is 0 Å². The zero-order chi connectivity index (χ0) is 24.7. The topological polar surface area (TPSA) is 32.8 Å². The van der Waals surface area contributed by atoms with Crippen LogP contribution in [-0.4, -0.2) is 48.0 Å². The van der Waals surface area contributed by atoms with Gasteiger partial charge in [0.15, 0.2) is 6.10 Å². The molecule has 1 aliphatic rings. The molecule has 0 bridgehead atoms. The van der Waals surface area contributed by atoms with Gasteiger partial charge in [0.1, 0.15) is 5.75 Å². The molecule has 1 atom stereocenters. The Morgan fingerprint density at radius 2 is 1.11 bits per heavy atom. The molecule has 1 saturated heterocycles. The lowest BCUT2D eigenvalue weighted by molar-refractivity contribution is -0.140. The molecule has 4 aromatic carbocycles. The third-order valence-corrected chi connectivity index (χ3v) is 6.84. The number of carbonyl (C=O) groups excluding carboxylic acids is 1. The molecular formula is C32H32N2O2. The number of hydrogen-bond acceptors (Lipinski definition) is 3. The van der Waals surface area contributed by atoms with Crippen LogP contribution in [-0.2, 0) is 4.79 Å². The van der Waals surface area contributed by atoms with Gasteiger partial charge < -0.3 is 9.64 Å². The number of piperazine rings is 1. The van der Waals surface area contributed by atoms with Crippen molar-refractivity contribution in [2.45, 2.75) is 19.1 Å². The number of ether oxygens (including phenoxy) is 1. The molecule has 0 spiro atoms. The molecular weight excluding hydrogens is 444 g/mol. The van der Waals surface area contributed by atoms with Crippen LogP contribution in [0.25, 0.3) is 11.1 Å². The lowest BCUT2D eigenvalue weighted by Gasteiger charge is -2.40. The summed E-state index contributed by atoms with van der Waals surface area (Å²) in [6.07, 6.45) is -0.529. The van der Waals surface area contributed by atoms with Crippen LogP contribution < -0.4 is 4.74 Å². The van der Waals surface area contributed by atoms with E-state index in [1.807, 2.05) is 54.3 Å². The average Bonchev–Trinajstić information content (AvgIpc) is 2.95. The first kappa shape index (κ1) is 23.8. The number of nitrogens with zero attached hydrogens (tertiary/aromatic N) is 2. The van der Waals surface area contributed by atoms with E-state index in [2.05, 4.69) is 77.7 Å². The van der Waals surface area contributed by atoms with E-state index in [1.54, 1.807) is 0 Å². The van der Waals surface area contributed by atoms with Gasteiger partial charge in [0.25, 0.3) is 5.91 Å². The van der Waals surface area contributed by atoms with Gasteiger partial charge in [0.05, 0.1) is 6.04 Å². The third-order valence-electron chi connectivity index (χ3n) is 6.84. The number of rotatable bonds is 7. The smallest absolute Gasteiger partial charge is 0.263 e. The molecule has 4 nitrogen and oxygen atoms in total. The number of carbonyl (C=O) groups is 1. The Morgan fingerprint density at radius 3 is 1.64 bits per heavy atom. The van der Waals surface area contributed by atoms with E-state index in [-0.39, 0.29) is 11.9 Å². The summed E-state index contributed by atoms with van der Waals surface area (Å²) in [5.41, 5.74) is 4.85. The molecule has 1 fully saturated rings. The molecule has 0 aliphatic carbocycles. The third kappa shape index (κ3) is 5.50. The zero-order valence-electron chi connectivity index (χ0n) is 20.7. The van der Waals surface area contributed by atoms with Crippen LogP contribution in [0.5, 0.6) is 5.75 Å². The minimum absolute atomic E-state index is 0.0396. The molecule has 4 heteroatoms. The first-order valence-electron chi connectivity index (χ1n) is 12.6. The molecule has 4 aromatic rings. The fourth-order valence-corrected chi connectivity index (χ4v) is 4.95. The fraction of sp³-hybridized carbons (Fsp3) is 0.219. The predicted molar refractivity (Wildman–Crippen MR) is 145 cm³/mol. The summed E-state index contributed by atoms with van der Waals surface area (Å²) in [5.74, 6) is 0.750. The van der Waals surface area contributed by atoms with Gasteiger partial charge in [-0.3, -0.25) is 9.69 Å². The minimum Gasteiger partial charge on any atom is -0.481 e. The van der Waals surface area contributed by atoms with Crippen LogP contribution in [0.2, 0.25) is 0 Å². The fourth-order valence-electron chi connectivity index (χ4n) is 4.95. The predicted octanol–water partition coefficient (Wildman–Crippen LogP) is 6.05. The van der Waals surface area contributed by atoms with Gasteiger partial charge in [-0.25, -0.2) is 0 Å². The largest absolute Gasteiger partial charge is 0.481 e. The van der Waals surface area contributed by atoms with Crippen molar-refractivity contribution >= 4 is 5.91 Å². The van der Waals surface area contributed by atoms with Gasteiger partial charge in [-0.1, -0.05) is 103 Å². The van der Waals surface area contributed by atoms with E-state index in [4.69, 9.17) is 4.74 Å². The molecule has 5 rings (SSSR count). The summed E-state index contributed by atoms with van der Waals surface area (Å²) in [6.45, 7) is 4.86. The van der Waals surface area contributed by atoms with E-state index >= 15 is 0 Å². The Bertz CT molecular complexity index is 1200. The summed E-state index contributed by atoms with van der Waals surface area (Å²) in [6, 6.07) is 39.6. The highest BCUT2D eigenvalue weighted by Gasteiger charge is 2.30. The van der Waals surface area contributed by atoms with Crippen LogP contribution in [0.4, 0.5) is 0 Å². The van der Waals surface area contributed by atoms with Gasteiger partial charge in [0.2, 0.25) is 0 Å². The Hall–Kier alpha value is -3.89. The van der Waals surface area contributed by atoms with Crippen molar-refractivity contribution in [2.24, 2.45) is 0 Å². The number of amides is 1. The highest BCUT2D eigenvalue weighted by molar-refractivity contribution is 5.81. The van der Waals surface area contributed by atoms with Gasteiger partial charge in [-0.05, 0) is 41.3 Å². The maximum Gasteiger partial charge on any atom is 0.263 e. The van der Waals surface area contributed by atoms with E-state index < -0.39 is 6.10 Å². The first-order valence-corrected chi connectivity index (χ1v) is 12.6. The average molecular weight is 477 g/mol. The van der Waals surface area contributed by atoms with Gasteiger partial charge >= 0.3 is 0 Å². The summed E-state index contributed by atoms with van der Waals surface area (Å²) in [4.78, 5) is 17.6. The van der Waals surface area contributed by atoms with Crippen molar-refractivity contribution in [1.29, 1.82) is 0 Å². The molecule has 1 unspecified atom stereocenters.